The highest BCUT2D eigenvalue weighted by molar-refractivity contribution is 4.66. The Balaban J connectivity index is -0.00000364. The van der Waals surface area contributed by atoms with E-state index in [1.54, 1.807) is 0 Å². The lowest BCUT2D eigenvalue weighted by Crippen LogP contribution is -3.00. The van der Waals surface area contributed by atoms with Crippen molar-refractivity contribution in [3.63, 3.8) is 0 Å². The second-order valence-corrected chi connectivity index (χ2v) is 8.87. The fourth-order valence-electron chi connectivity index (χ4n) is 4.64. The molecule has 0 atom stereocenters. The molecule has 0 aromatic rings. The van der Waals surface area contributed by atoms with Crippen molar-refractivity contribution >= 4 is 0 Å². The van der Waals surface area contributed by atoms with Gasteiger partial charge in [0.05, 0.1) is 52.4 Å². The molecule has 0 rings (SSSR count). The van der Waals surface area contributed by atoms with Crippen LogP contribution in [0.15, 0.2) is 25.3 Å². The molecule has 0 spiro atoms. The molecule has 0 amide bonds. The molecular formula is C26H54Br2N2. The summed E-state index contributed by atoms with van der Waals surface area (Å²) in [6, 6.07) is 0. The molecule has 0 unspecified atom stereocenters. The molecular weight excluding hydrogens is 500 g/mol. The van der Waals surface area contributed by atoms with Crippen LogP contribution in [0.1, 0.15) is 91.9 Å². The van der Waals surface area contributed by atoms with Gasteiger partial charge in [0.25, 0.3) is 0 Å². The number of halogens is 2. The van der Waals surface area contributed by atoms with Gasteiger partial charge in [0.2, 0.25) is 0 Å². The second-order valence-electron chi connectivity index (χ2n) is 8.87. The van der Waals surface area contributed by atoms with Crippen LogP contribution >= 0.6 is 0 Å². The van der Waals surface area contributed by atoms with Crippen LogP contribution in [-0.2, 0) is 0 Å². The molecule has 0 aromatic heterocycles. The Hall–Kier alpha value is 0.360. The lowest BCUT2D eigenvalue weighted by molar-refractivity contribution is -0.919. The van der Waals surface area contributed by atoms with Gasteiger partial charge in [-0.25, -0.2) is 0 Å². The Morgan fingerprint density at radius 3 is 0.900 bits per heavy atom. The van der Waals surface area contributed by atoms with Crippen LogP contribution in [0.5, 0.6) is 0 Å². The number of hydrogen-bond acceptors (Lipinski definition) is 0. The lowest BCUT2D eigenvalue weighted by atomic mass is 10.1. The smallest absolute Gasteiger partial charge is 0.0970 e. The van der Waals surface area contributed by atoms with Crippen LogP contribution in [0.2, 0.25) is 0 Å². The van der Waals surface area contributed by atoms with Gasteiger partial charge in [-0.2, -0.15) is 0 Å². The minimum atomic E-state index is 0. The highest BCUT2D eigenvalue weighted by Crippen LogP contribution is 2.15. The molecule has 0 saturated heterocycles. The molecule has 2 nitrogen and oxygen atoms in total. The molecule has 0 aliphatic rings. The van der Waals surface area contributed by atoms with Crippen LogP contribution in [0.25, 0.3) is 0 Å². The number of quaternary nitrogens is 2. The van der Waals surface area contributed by atoms with Gasteiger partial charge < -0.3 is 42.9 Å². The zero-order chi connectivity index (χ0) is 21.1. The molecule has 30 heavy (non-hydrogen) atoms. The maximum atomic E-state index is 3.95. The number of likely N-dealkylation sites (N-methyl/N-ethyl adjacent to an activating group) is 2. The van der Waals surface area contributed by atoms with E-state index in [9.17, 15) is 0 Å². The van der Waals surface area contributed by atoms with Crippen LogP contribution in [0.4, 0.5) is 0 Å². The number of hydrogen-bond donors (Lipinski definition) is 0. The predicted molar refractivity (Wildman–Crippen MR) is 129 cm³/mol. The van der Waals surface area contributed by atoms with E-state index in [1.807, 2.05) is 0 Å². The topological polar surface area (TPSA) is 0 Å². The van der Waals surface area contributed by atoms with E-state index in [2.05, 4.69) is 53.0 Å². The Labute approximate surface area is 211 Å². The summed E-state index contributed by atoms with van der Waals surface area (Å²) in [7, 11) is 0. The van der Waals surface area contributed by atoms with Crippen molar-refractivity contribution < 1.29 is 42.9 Å². The third kappa shape index (κ3) is 15.2. The predicted octanol–water partition coefficient (Wildman–Crippen LogP) is 0.981. The second kappa shape index (κ2) is 22.6. The Kier molecular flexibility index (Phi) is 26.3. The van der Waals surface area contributed by atoms with E-state index in [0.29, 0.717) is 0 Å². The Morgan fingerprint density at radius 1 is 0.467 bits per heavy atom. The summed E-state index contributed by atoms with van der Waals surface area (Å²) in [4.78, 5) is 0. The molecule has 0 aliphatic carbocycles. The summed E-state index contributed by atoms with van der Waals surface area (Å²) in [5, 5.41) is 0. The normalized spacial score (nSPS) is 11.5. The monoisotopic (exact) mass is 552 g/mol. The van der Waals surface area contributed by atoms with E-state index >= 15 is 0 Å². The molecule has 0 aromatic carbocycles. The van der Waals surface area contributed by atoms with E-state index in [-0.39, 0.29) is 34.0 Å². The first kappa shape index (κ1) is 35.0. The molecule has 4 heteroatoms. The highest BCUT2D eigenvalue weighted by Gasteiger charge is 2.21. The molecule has 0 fully saturated rings. The van der Waals surface area contributed by atoms with Crippen LogP contribution in [-0.4, -0.2) is 61.3 Å². The van der Waals surface area contributed by atoms with E-state index in [4.69, 9.17) is 0 Å². The Bertz CT molecular complexity index is 341. The van der Waals surface area contributed by atoms with E-state index < -0.39 is 0 Å². The summed E-state index contributed by atoms with van der Waals surface area (Å²) in [6.07, 6.45) is 18.4. The minimum Gasteiger partial charge on any atom is -1.00 e. The van der Waals surface area contributed by atoms with E-state index in [1.165, 1.54) is 112 Å². The first-order valence-corrected chi connectivity index (χ1v) is 12.5. The summed E-state index contributed by atoms with van der Waals surface area (Å²) >= 11 is 0. The fourth-order valence-corrected chi connectivity index (χ4v) is 4.64. The quantitative estimate of drug-likeness (QED) is 0.113. The zero-order valence-corrected chi connectivity index (χ0v) is 24.1. The number of nitrogens with zero attached hydrogens (tertiary/aromatic N) is 2. The van der Waals surface area contributed by atoms with Crippen molar-refractivity contribution in [3.05, 3.63) is 25.3 Å². The van der Waals surface area contributed by atoms with Gasteiger partial charge in [-0.15, -0.1) is 0 Å². The zero-order valence-electron chi connectivity index (χ0n) is 20.9. The average Bonchev–Trinajstić information content (AvgIpc) is 2.73. The van der Waals surface area contributed by atoms with Crippen molar-refractivity contribution in [2.24, 2.45) is 0 Å². The van der Waals surface area contributed by atoms with Crippen molar-refractivity contribution in [3.8, 4) is 0 Å². The minimum absolute atomic E-state index is 0. The van der Waals surface area contributed by atoms with Gasteiger partial charge in [-0.05, 0) is 65.5 Å². The summed E-state index contributed by atoms with van der Waals surface area (Å²) < 4.78 is 2.46. The maximum Gasteiger partial charge on any atom is 0.0970 e. The molecule has 0 bridgehead atoms. The molecule has 182 valence electrons. The fraction of sp³-hybridized carbons (Fsp3) is 0.846. The van der Waals surface area contributed by atoms with Gasteiger partial charge in [0.15, 0.2) is 0 Å². The van der Waals surface area contributed by atoms with Gasteiger partial charge >= 0.3 is 0 Å². The lowest BCUT2D eigenvalue weighted by Gasteiger charge is -2.36. The molecule has 0 saturated carbocycles. The molecule has 0 aliphatic heterocycles. The average molecular weight is 555 g/mol. The molecule has 0 N–H and O–H groups in total. The van der Waals surface area contributed by atoms with Crippen molar-refractivity contribution in [1.82, 2.24) is 0 Å². The van der Waals surface area contributed by atoms with Gasteiger partial charge in [0.1, 0.15) is 0 Å². The standard InChI is InChI=1S/C26H54N2.2BrH/c1-7-23-27(9-3,10-4)25-21-19-17-15-13-14-16-18-20-22-26-28(11-5,12-6)24-8-2;;/h7-8H,1-2,9-26H2,3-6H3;2*1H/q+2;;/p-2. The summed E-state index contributed by atoms with van der Waals surface area (Å²) in [5.41, 5.74) is 0. The number of unbranched alkanes of at least 4 members (excludes halogenated alkanes) is 9. The van der Waals surface area contributed by atoms with E-state index in [0.717, 1.165) is 13.1 Å². The SMILES string of the molecule is C=CC[N+](CC)(CC)CCCCCCCCCCCC[N+](CC)(CC)CC=C.[Br-].[Br-]. The van der Waals surface area contributed by atoms with Crippen molar-refractivity contribution in [1.29, 1.82) is 0 Å². The third-order valence-corrected chi connectivity index (χ3v) is 7.23. The first-order chi connectivity index (χ1) is 13.6. The summed E-state index contributed by atoms with van der Waals surface area (Å²) in [6.45, 7) is 27.1. The molecule has 0 heterocycles. The van der Waals surface area contributed by atoms with Crippen molar-refractivity contribution in [2.75, 3.05) is 52.4 Å². The highest BCUT2D eigenvalue weighted by atomic mass is 79.9. The molecule has 0 radical (unpaired) electrons. The maximum absolute atomic E-state index is 3.95. The van der Waals surface area contributed by atoms with Crippen LogP contribution in [0.3, 0.4) is 0 Å². The van der Waals surface area contributed by atoms with Gasteiger partial charge in [0, 0.05) is 0 Å². The van der Waals surface area contributed by atoms with Crippen LogP contribution < -0.4 is 34.0 Å². The van der Waals surface area contributed by atoms with Gasteiger partial charge in [-0.1, -0.05) is 51.7 Å². The van der Waals surface area contributed by atoms with Crippen LogP contribution in [0, 0.1) is 0 Å². The summed E-state index contributed by atoms with van der Waals surface area (Å²) in [5.74, 6) is 0. The number of rotatable bonds is 21. The van der Waals surface area contributed by atoms with Gasteiger partial charge in [-0.3, -0.25) is 0 Å². The largest absolute Gasteiger partial charge is 1.00 e. The Morgan fingerprint density at radius 2 is 0.700 bits per heavy atom. The first-order valence-electron chi connectivity index (χ1n) is 12.5. The van der Waals surface area contributed by atoms with Crippen molar-refractivity contribution in [2.45, 2.75) is 91.9 Å². The third-order valence-electron chi connectivity index (χ3n) is 7.23.